The number of benzene rings is 1. The van der Waals surface area contributed by atoms with Crippen molar-refractivity contribution >= 4 is 32.2 Å². The van der Waals surface area contributed by atoms with E-state index in [0.717, 1.165) is 22.5 Å². The van der Waals surface area contributed by atoms with Gasteiger partial charge in [0.15, 0.2) is 0 Å². The second kappa shape index (κ2) is 4.54. The standard InChI is InChI=1S/C10H12N4O2S2/c1-6-3-4-8(7(2)5-6)14-18(15,16)10-13-12-9(11)17-10/h3-5,14H,1-2H3,(H2,11,12). The molecular weight excluding hydrogens is 272 g/mol. The van der Waals surface area contributed by atoms with Gasteiger partial charge in [0, 0.05) is 0 Å². The fourth-order valence-electron chi connectivity index (χ4n) is 1.45. The Morgan fingerprint density at radius 3 is 2.56 bits per heavy atom. The number of anilines is 2. The van der Waals surface area contributed by atoms with Crippen LogP contribution in [0.25, 0.3) is 0 Å². The van der Waals surface area contributed by atoms with Crippen molar-refractivity contribution in [1.29, 1.82) is 0 Å². The molecule has 0 fully saturated rings. The van der Waals surface area contributed by atoms with E-state index in [0.29, 0.717) is 5.69 Å². The van der Waals surface area contributed by atoms with Crippen LogP contribution in [0.4, 0.5) is 10.8 Å². The third-order valence-corrected chi connectivity index (χ3v) is 4.76. The Morgan fingerprint density at radius 1 is 1.28 bits per heavy atom. The monoisotopic (exact) mass is 284 g/mol. The van der Waals surface area contributed by atoms with Crippen LogP contribution < -0.4 is 10.5 Å². The minimum atomic E-state index is -3.71. The van der Waals surface area contributed by atoms with E-state index in [2.05, 4.69) is 14.9 Å². The molecule has 0 bridgehead atoms. The van der Waals surface area contributed by atoms with Gasteiger partial charge in [0.2, 0.25) is 5.13 Å². The maximum Gasteiger partial charge on any atom is 0.291 e. The third kappa shape index (κ3) is 2.59. The summed E-state index contributed by atoms with van der Waals surface area (Å²) in [4.78, 5) is 0. The molecule has 6 nitrogen and oxygen atoms in total. The highest BCUT2D eigenvalue weighted by Gasteiger charge is 2.20. The molecule has 1 heterocycles. The van der Waals surface area contributed by atoms with Crippen molar-refractivity contribution in [1.82, 2.24) is 10.2 Å². The smallest absolute Gasteiger partial charge is 0.291 e. The van der Waals surface area contributed by atoms with Crippen molar-refractivity contribution < 1.29 is 8.42 Å². The lowest BCUT2D eigenvalue weighted by Crippen LogP contribution is -2.13. The predicted molar refractivity (Wildman–Crippen MR) is 71.0 cm³/mol. The van der Waals surface area contributed by atoms with E-state index in [1.807, 2.05) is 26.0 Å². The van der Waals surface area contributed by atoms with Gasteiger partial charge in [0.1, 0.15) is 0 Å². The van der Waals surface area contributed by atoms with Crippen LogP contribution >= 0.6 is 11.3 Å². The van der Waals surface area contributed by atoms with Gasteiger partial charge < -0.3 is 5.73 Å². The first-order valence-electron chi connectivity index (χ1n) is 5.07. The zero-order valence-corrected chi connectivity index (χ0v) is 11.5. The normalized spacial score (nSPS) is 11.4. The predicted octanol–water partition coefficient (Wildman–Crippen LogP) is 1.54. The molecule has 0 saturated carbocycles. The molecule has 1 aromatic carbocycles. The zero-order valence-electron chi connectivity index (χ0n) is 9.84. The van der Waals surface area contributed by atoms with E-state index in [9.17, 15) is 8.42 Å². The molecule has 0 aliphatic heterocycles. The van der Waals surface area contributed by atoms with Crippen molar-refractivity contribution in [3.63, 3.8) is 0 Å². The number of hydrogen-bond donors (Lipinski definition) is 2. The topological polar surface area (TPSA) is 98.0 Å². The van der Waals surface area contributed by atoms with Gasteiger partial charge in [0.05, 0.1) is 5.69 Å². The summed E-state index contributed by atoms with van der Waals surface area (Å²) in [5.41, 5.74) is 7.80. The van der Waals surface area contributed by atoms with E-state index in [1.54, 1.807) is 6.07 Å². The number of aryl methyl sites for hydroxylation is 2. The first-order chi connectivity index (χ1) is 8.38. The minimum Gasteiger partial charge on any atom is -0.374 e. The van der Waals surface area contributed by atoms with E-state index >= 15 is 0 Å². The van der Waals surface area contributed by atoms with Crippen LogP contribution in [-0.4, -0.2) is 18.6 Å². The van der Waals surface area contributed by atoms with Crippen molar-refractivity contribution in [3.8, 4) is 0 Å². The van der Waals surface area contributed by atoms with Crippen LogP contribution in [0.2, 0.25) is 0 Å². The molecule has 96 valence electrons. The van der Waals surface area contributed by atoms with Crippen LogP contribution in [0.15, 0.2) is 22.5 Å². The van der Waals surface area contributed by atoms with Gasteiger partial charge in [-0.15, -0.1) is 10.2 Å². The van der Waals surface area contributed by atoms with Crippen LogP contribution in [0.1, 0.15) is 11.1 Å². The Balaban J connectivity index is 2.33. The van der Waals surface area contributed by atoms with Crippen molar-refractivity contribution in [2.24, 2.45) is 0 Å². The summed E-state index contributed by atoms with van der Waals surface area (Å²) in [6.45, 7) is 3.77. The first-order valence-corrected chi connectivity index (χ1v) is 7.37. The number of nitrogens with two attached hydrogens (primary N) is 1. The molecule has 0 unspecified atom stereocenters. The lowest BCUT2D eigenvalue weighted by Gasteiger charge is -2.08. The van der Waals surface area contributed by atoms with Crippen LogP contribution in [0.3, 0.4) is 0 Å². The lowest BCUT2D eigenvalue weighted by atomic mass is 10.1. The molecule has 2 rings (SSSR count). The number of rotatable bonds is 3. The molecular formula is C10H12N4O2S2. The molecule has 0 aliphatic carbocycles. The van der Waals surface area contributed by atoms with Gasteiger partial charge >= 0.3 is 0 Å². The van der Waals surface area contributed by atoms with Gasteiger partial charge in [0.25, 0.3) is 14.4 Å². The van der Waals surface area contributed by atoms with E-state index in [1.165, 1.54) is 0 Å². The van der Waals surface area contributed by atoms with Gasteiger partial charge in [-0.2, -0.15) is 8.42 Å². The molecule has 0 saturated heterocycles. The summed E-state index contributed by atoms with van der Waals surface area (Å²) < 4.78 is 26.3. The molecule has 3 N–H and O–H groups in total. The third-order valence-electron chi connectivity index (χ3n) is 2.28. The fraction of sp³-hybridized carbons (Fsp3) is 0.200. The molecule has 2 aromatic rings. The largest absolute Gasteiger partial charge is 0.374 e. The van der Waals surface area contributed by atoms with E-state index in [4.69, 9.17) is 5.73 Å². The van der Waals surface area contributed by atoms with Gasteiger partial charge in [-0.05, 0) is 25.5 Å². The summed E-state index contributed by atoms with van der Waals surface area (Å²) in [5, 5.41) is 7.13. The number of sulfonamides is 1. The molecule has 0 atom stereocenters. The molecule has 0 aliphatic rings. The van der Waals surface area contributed by atoms with E-state index < -0.39 is 10.0 Å². The van der Waals surface area contributed by atoms with Crippen LogP contribution in [-0.2, 0) is 10.0 Å². The molecule has 0 amide bonds. The second-order valence-corrected chi connectivity index (χ2v) is 6.70. The molecule has 1 aromatic heterocycles. The summed E-state index contributed by atoms with van der Waals surface area (Å²) >= 11 is 0.828. The average Bonchev–Trinajstić information content (AvgIpc) is 2.70. The highest BCUT2D eigenvalue weighted by atomic mass is 32.2. The Morgan fingerprint density at radius 2 is 2.00 bits per heavy atom. The number of nitrogens with zero attached hydrogens (tertiary/aromatic N) is 2. The Kier molecular flexibility index (Phi) is 3.22. The number of hydrogen-bond acceptors (Lipinski definition) is 6. The Hall–Kier alpha value is -1.67. The molecule has 0 radical (unpaired) electrons. The quantitative estimate of drug-likeness (QED) is 0.890. The summed E-state index contributed by atoms with van der Waals surface area (Å²) in [7, 11) is -3.71. The highest BCUT2D eigenvalue weighted by Crippen LogP contribution is 2.23. The molecule has 8 heteroatoms. The van der Waals surface area contributed by atoms with Gasteiger partial charge in [-0.25, -0.2) is 0 Å². The van der Waals surface area contributed by atoms with Crippen LogP contribution in [0.5, 0.6) is 0 Å². The van der Waals surface area contributed by atoms with Crippen molar-refractivity contribution in [3.05, 3.63) is 29.3 Å². The summed E-state index contributed by atoms with van der Waals surface area (Å²) in [6, 6.07) is 5.44. The molecule has 0 spiro atoms. The van der Waals surface area contributed by atoms with Crippen LogP contribution in [0, 0.1) is 13.8 Å². The van der Waals surface area contributed by atoms with Gasteiger partial charge in [-0.1, -0.05) is 29.0 Å². The van der Waals surface area contributed by atoms with Crippen molar-refractivity contribution in [2.45, 2.75) is 18.2 Å². The van der Waals surface area contributed by atoms with Crippen molar-refractivity contribution in [2.75, 3.05) is 10.5 Å². The average molecular weight is 284 g/mol. The fourth-order valence-corrected chi connectivity index (χ4v) is 3.36. The Labute approximate surface area is 109 Å². The van der Waals surface area contributed by atoms with E-state index in [-0.39, 0.29) is 9.47 Å². The SMILES string of the molecule is Cc1ccc(NS(=O)(=O)c2nnc(N)s2)c(C)c1. The highest BCUT2D eigenvalue weighted by molar-refractivity contribution is 7.94. The maximum absolute atomic E-state index is 12.0. The van der Waals surface area contributed by atoms with Gasteiger partial charge in [-0.3, -0.25) is 4.72 Å². The summed E-state index contributed by atoms with van der Waals surface area (Å²) in [6.07, 6.45) is 0. The maximum atomic E-state index is 12.0. The summed E-state index contributed by atoms with van der Waals surface area (Å²) in [5.74, 6) is 0. The minimum absolute atomic E-state index is 0.121. The number of aromatic nitrogens is 2. The lowest BCUT2D eigenvalue weighted by molar-refractivity contribution is 0.599. The number of nitrogen functional groups attached to an aromatic ring is 1. The second-order valence-electron chi connectivity index (χ2n) is 3.83. The first kappa shape index (κ1) is 12.8. The zero-order chi connectivity index (χ0) is 13.3. The molecule has 18 heavy (non-hydrogen) atoms. The number of nitrogens with one attached hydrogen (secondary N) is 1. The Bertz CT molecular complexity index is 679.